The molecule has 0 aliphatic carbocycles. The van der Waals surface area contributed by atoms with Gasteiger partial charge in [0.2, 0.25) is 0 Å². The molecule has 17 heavy (non-hydrogen) atoms. The highest BCUT2D eigenvalue weighted by molar-refractivity contribution is 5.52. The molecule has 0 bridgehead atoms. The molecule has 1 aromatic rings. The molecular formula is C13H22N2O2. The molecule has 1 aromatic heterocycles. The third-order valence-corrected chi connectivity index (χ3v) is 2.38. The molecule has 0 aliphatic heterocycles. The predicted octanol–water partition coefficient (Wildman–Crippen LogP) is 2.08. The lowest BCUT2D eigenvalue weighted by atomic mass is 10.3. The summed E-state index contributed by atoms with van der Waals surface area (Å²) < 4.78 is 5.67. The molecule has 4 heteroatoms. The van der Waals surface area contributed by atoms with Crippen molar-refractivity contribution in [3.05, 3.63) is 18.3 Å². The molecule has 1 N–H and O–H groups in total. The number of pyridine rings is 1. The molecule has 0 saturated heterocycles. The van der Waals surface area contributed by atoms with E-state index >= 15 is 0 Å². The van der Waals surface area contributed by atoms with E-state index in [0.717, 1.165) is 31.0 Å². The standard InChI is InChI=1S/C13H22N2O2/c1-3-8-15(9-10-16)13-12(17-11-4-2)6-5-7-14-13/h5-7,16H,3-4,8-11H2,1-2H3. The van der Waals surface area contributed by atoms with Crippen molar-refractivity contribution >= 4 is 5.82 Å². The minimum Gasteiger partial charge on any atom is -0.490 e. The van der Waals surface area contributed by atoms with E-state index in [9.17, 15) is 0 Å². The Hall–Kier alpha value is -1.29. The van der Waals surface area contributed by atoms with E-state index in [-0.39, 0.29) is 6.61 Å². The first-order valence-corrected chi connectivity index (χ1v) is 6.27. The van der Waals surface area contributed by atoms with Crippen LogP contribution in [-0.2, 0) is 0 Å². The Kier molecular flexibility index (Phi) is 6.40. The van der Waals surface area contributed by atoms with E-state index in [1.54, 1.807) is 6.20 Å². The topological polar surface area (TPSA) is 45.6 Å². The molecular weight excluding hydrogens is 216 g/mol. The van der Waals surface area contributed by atoms with Gasteiger partial charge in [-0.3, -0.25) is 0 Å². The van der Waals surface area contributed by atoms with Crippen molar-refractivity contribution in [2.45, 2.75) is 26.7 Å². The monoisotopic (exact) mass is 238 g/mol. The van der Waals surface area contributed by atoms with Crippen molar-refractivity contribution in [1.82, 2.24) is 4.98 Å². The average Bonchev–Trinajstić information content (AvgIpc) is 2.36. The highest BCUT2D eigenvalue weighted by atomic mass is 16.5. The summed E-state index contributed by atoms with van der Waals surface area (Å²) in [6, 6.07) is 3.80. The molecule has 0 unspecified atom stereocenters. The van der Waals surface area contributed by atoms with Crippen molar-refractivity contribution in [1.29, 1.82) is 0 Å². The number of aliphatic hydroxyl groups is 1. The van der Waals surface area contributed by atoms with Crippen molar-refractivity contribution in [3.8, 4) is 5.75 Å². The number of ether oxygens (including phenoxy) is 1. The summed E-state index contributed by atoms with van der Waals surface area (Å²) in [5, 5.41) is 9.08. The van der Waals surface area contributed by atoms with Crippen molar-refractivity contribution in [3.63, 3.8) is 0 Å². The zero-order valence-electron chi connectivity index (χ0n) is 10.7. The minimum absolute atomic E-state index is 0.129. The maximum Gasteiger partial charge on any atom is 0.171 e. The second kappa shape index (κ2) is 7.90. The fraction of sp³-hybridized carbons (Fsp3) is 0.615. The summed E-state index contributed by atoms with van der Waals surface area (Å²) in [4.78, 5) is 6.42. The van der Waals surface area contributed by atoms with E-state index in [0.29, 0.717) is 13.2 Å². The maximum absolute atomic E-state index is 9.08. The third kappa shape index (κ3) is 4.23. The second-order valence-corrected chi connectivity index (χ2v) is 3.88. The fourth-order valence-corrected chi connectivity index (χ4v) is 1.66. The average molecular weight is 238 g/mol. The smallest absolute Gasteiger partial charge is 0.171 e. The Morgan fingerprint density at radius 3 is 2.76 bits per heavy atom. The molecule has 0 spiro atoms. The van der Waals surface area contributed by atoms with Crippen molar-refractivity contribution < 1.29 is 9.84 Å². The molecule has 0 amide bonds. The summed E-state index contributed by atoms with van der Waals surface area (Å²) >= 11 is 0. The molecule has 0 aliphatic rings. The van der Waals surface area contributed by atoms with Crippen LogP contribution in [0.15, 0.2) is 18.3 Å². The quantitative estimate of drug-likeness (QED) is 0.753. The molecule has 0 aromatic carbocycles. The van der Waals surface area contributed by atoms with E-state index in [1.165, 1.54) is 0 Å². The lowest BCUT2D eigenvalue weighted by Gasteiger charge is -2.24. The Morgan fingerprint density at radius 1 is 1.29 bits per heavy atom. The first kappa shape index (κ1) is 13.8. The predicted molar refractivity (Wildman–Crippen MR) is 69.6 cm³/mol. The van der Waals surface area contributed by atoms with Crippen LogP contribution >= 0.6 is 0 Å². The zero-order chi connectivity index (χ0) is 12.5. The number of hydrogen-bond donors (Lipinski definition) is 1. The van der Waals surface area contributed by atoms with E-state index in [4.69, 9.17) is 9.84 Å². The van der Waals surface area contributed by atoms with E-state index in [2.05, 4.69) is 23.7 Å². The largest absolute Gasteiger partial charge is 0.490 e. The van der Waals surface area contributed by atoms with Crippen molar-refractivity contribution in [2.24, 2.45) is 0 Å². The maximum atomic E-state index is 9.08. The lowest BCUT2D eigenvalue weighted by Crippen LogP contribution is -2.28. The SMILES string of the molecule is CCCOc1cccnc1N(CCC)CCO. The number of aromatic nitrogens is 1. The van der Waals surface area contributed by atoms with Gasteiger partial charge in [-0.05, 0) is 25.0 Å². The van der Waals surface area contributed by atoms with Gasteiger partial charge >= 0.3 is 0 Å². The minimum atomic E-state index is 0.129. The number of anilines is 1. The van der Waals surface area contributed by atoms with Gasteiger partial charge in [-0.25, -0.2) is 4.98 Å². The summed E-state index contributed by atoms with van der Waals surface area (Å²) in [5.74, 6) is 1.63. The third-order valence-electron chi connectivity index (χ3n) is 2.38. The van der Waals surface area contributed by atoms with Gasteiger partial charge in [-0.1, -0.05) is 13.8 Å². The normalized spacial score (nSPS) is 10.3. The molecule has 0 saturated carbocycles. The number of rotatable bonds is 8. The van der Waals surface area contributed by atoms with Gasteiger partial charge in [-0.2, -0.15) is 0 Å². The van der Waals surface area contributed by atoms with Gasteiger partial charge in [0, 0.05) is 19.3 Å². The molecule has 0 atom stereocenters. The number of aliphatic hydroxyl groups excluding tert-OH is 1. The van der Waals surface area contributed by atoms with Crippen LogP contribution in [0, 0.1) is 0 Å². The fourth-order valence-electron chi connectivity index (χ4n) is 1.66. The molecule has 4 nitrogen and oxygen atoms in total. The molecule has 0 radical (unpaired) electrons. The summed E-state index contributed by atoms with van der Waals surface area (Å²) in [6.07, 6.45) is 3.75. The lowest BCUT2D eigenvalue weighted by molar-refractivity contribution is 0.297. The van der Waals surface area contributed by atoms with Crippen LogP contribution in [0.2, 0.25) is 0 Å². The van der Waals surface area contributed by atoms with E-state index < -0.39 is 0 Å². The van der Waals surface area contributed by atoms with Crippen LogP contribution in [0.5, 0.6) is 5.75 Å². The number of nitrogens with zero attached hydrogens (tertiary/aromatic N) is 2. The highest BCUT2D eigenvalue weighted by Crippen LogP contribution is 2.25. The van der Waals surface area contributed by atoms with Crippen LogP contribution in [0.25, 0.3) is 0 Å². The molecule has 96 valence electrons. The summed E-state index contributed by atoms with van der Waals surface area (Å²) in [5.41, 5.74) is 0. The molecule has 1 heterocycles. The molecule has 0 fully saturated rings. The Balaban J connectivity index is 2.83. The Labute approximate surface area is 103 Å². The van der Waals surface area contributed by atoms with Gasteiger partial charge in [-0.15, -0.1) is 0 Å². The Bertz CT molecular complexity index is 312. The number of hydrogen-bond acceptors (Lipinski definition) is 4. The van der Waals surface area contributed by atoms with Crippen LogP contribution in [0.1, 0.15) is 26.7 Å². The summed E-state index contributed by atoms with van der Waals surface area (Å²) in [7, 11) is 0. The first-order valence-electron chi connectivity index (χ1n) is 6.27. The highest BCUT2D eigenvalue weighted by Gasteiger charge is 2.12. The molecule has 1 rings (SSSR count). The van der Waals surface area contributed by atoms with Gasteiger partial charge < -0.3 is 14.7 Å². The van der Waals surface area contributed by atoms with Gasteiger partial charge in [0.15, 0.2) is 11.6 Å². The van der Waals surface area contributed by atoms with Gasteiger partial charge in [0.25, 0.3) is 0 Å². The van der Waals surface area contributed by atoms with Crippen LogP contribution < -0.4 is 9.64 Å². The van der Waals surface area contributed by atoms with Crippen LogP contribution in [-0.4, -0.2) is 36.4 Å². The van der Waals surface area contributed by atoms with Gasteiger partial charge in [0.1, 0.15) is 0 Å². The second-order valence-electron chi connectivity index (χ2n) is 3.88. The van der Waals surface area contributed by atoms with Crippen molar-refractivity contribution in [2.75, 3.05) is 31.2 Å². The summed E-state index contributed by atoms with van der Waals surface area (Å²) in [6.45, 7) is 6.47. The Morgan fingerprint density at radius 2 is 2.12 bits per heavy atom. The van der Waals surface area contributed by atoms with Gasteiger partial charge in [0.05, 0.1) is 13.2 Å². The van der Waals surface area contributed by atoms with Crippen LogP contribution in [0.3, 0.4) is 0 Å². The van der Waals surface area contributed by atoms with E-state index in [1.807, 2.05) is 12.1 Å². The zero-order valence-corrected chi connectivity index (χ0v) is 10.7. The van der Waals surface area contributed by atoms with Crippen LogP contribution in [0.4, 0.5) is 5.82 Å². The first-order chi connectivity index (χ1) is 8.33.